The first-order chi connectivity index (χ1) is 7.70. The Labute approximate surface area is 95.9 Å². The van der Waals surface area contributed by atoms with Crippen molar-refractivity contribution < 1.29 is 0 Å². The van der Waals surface area contributed by atoms with Crippen LogP contribution in [0.2, 0.25) is 0 Å². The molecule has 0 bridgehead atoms. The monoisotopic (exact) mass is 215 g/mol. The lowest BCUT2D eigenvalue weighted by atomic mass is 10.1. The molecule has 1 atom stereocenters. The molecule has 3 heteroatoms. The minimum atomic E-state index is 0.249. The highest BCUT2D eigenvalue weighted by molar-refractivity contribution is 5.61. The third-order valence-electron chi connectivity index (χ3n) is 2.78. The molecule has 0 radical (unpaired) electrons. The summed E-state index contributed by atoms with van der Waals surface area (Å²) in [4.78, 5) is 0. The van der Waals surface area contributed by atoms with E-state index in [-0.39, 0.29) is 6.04 Å². The van der Waals surface area contributed by atoms with E-state index in [0.717, 1.165) is 5.56 Å². The van der Waals surface area contributed by atoms with Crippen molar-refractivity contribution in [2.75, 3.05) is 6.54 Å². The van der Waals surface area contributed by atoms with Crippen molar-refractivity contribution in [3.63, 3.8) is 0 Å². The Kier molecular flexibility index (Phi) is 3.06. The highest BCUT2D eigenvalue weighted by atomic mass is 15.3. The van der Waals surface area contributed by atoms with Gasteiger partial charge in [0.1, 0.15) is 0 Å². The van der Waals surface area contributed by atoms with Gasteiger partial charge in [-0.05, 0) is 19.4 Å². The fourth-order valence-corrected chi connectivity index (χ4v) is 1.58. The predicted molar refractivity (Wildman–Crippen MR) is 66.2 cm³/mol. The van der Waals surface area contributed by atoms with Gasteiger partial charge in [-0.1, -0.05) is 29.8 Å². The molecule has 2 rings (SSSR count). The number of aryl methyl sites for hydroxylation is 1. The topological polar surface area (TPSA) is 43.8 Å². The van der Waals surface area contributed by atoms with E-state index in [9.17, 15) is 0 Å². The van der Waals surface area contributed by atoms with E-state index in [0.29, 0.717) is 6.54 Å². The summed E-state index contributed by atoms with van der Waals surface area (Å²) in [7, 11) is 0. The lowest BCUT2D eigenvalue weighted by molar-refractivity contribution is 0.501. The normalized spacial score (nSPS) is 12.7. The molecule has 0 fully saturated rings. The van der Waals surface area contributed by atoms with Crippen LogP contribution in [0.5, 0.6) is 0 Å². The van der Waals surface area contributed by atoms with Crippen LogP contribution < -0.4 is 5.73 Å². The SMILES string of the molecule is Cc1ccc(-c2cnn([C@@H](C)CN)c2)cc1. The largest absolute Gasteiger partial charge is 0.328 e. The van der Waals surface area contributed by atoms with Gasteiger partial charge in [0.25, 0.3) is 0 Å². The van der Waals surface area contributed by atoms with Gasteiger partial charge in [-0.2, -0.15) is 5.10 Å². The van der Waals surface area contributed by atoms with Crippen LogP contribution in [0.4, 0.5) is 0 Å². The zero-order valence-corrected chi connectivity index (χ0v) is 9.72. The number of hydrogen-bond acceptors (Lipinski definition) is 2. The van der Waals surface area contributed by atoms with Gasteiger partial charge in [0.15, 0.2) is 0 Å². The van der Waals surface area contributed by atoms with Crippen LogP contribution in [0.1, 0.15) is 18.5 Å². The first kappa shape index (κ1) is 10.9. The molecule has 0 saturated heterocycles. The Morgan fingerprint density at radius 2 is 1.94 bits per heavy atom. The minimum absolute atomic E-state index is 0.249. The van der Waals surface area contributed by atoms with E-state index < -0.39 is 0 Å². The molecule has 0 unspecified atom stereocenters. The molecule has 0 aliphatic rings. The van der Waals surface area contributed by atoms with Crippen LogP contribution in [0.3, 0.4) is 0 Å². The molecule has 0 aliphatic heterocycles. The second kappa shape index (κ2) is 4.49. The highest BCUT2D eigenvalue weighted by Gasteiger charge is 2.05. The minimum Gasteiger partial charge on any atom is -0.328 e. The van der Waals surface area contributed by atoms with E-state index in [2.05, 4.69) is 43.2 Å². The quantitative estimate of drug-likeness (QED) is 0.854. The number of nitrogens with zero attached hydrogens (tertiary/aromatic N) is 2. The Hall–Kier alpha value is -1.61. The molecule has 0 spiro atoms. The molecule has 0 amide bonds. The van der Waals surface area contributed by atoms with Crippen molar-refractivity contribution in [3.05, 3.63) is 42.2 Å². The highest BCUT2D eigenvalue weighted by Crippen LogP contribution is 2.20. The van der Waals surface area contributed by atoms with E-state index in [1.807, 2.05) is 17.1 Å². The molecule has 2 N–H and O–H groups in total. The summed E-state index contributed by atoms with van der Waals surface area (Å²) < 4.78 is 1.91. The number of nitrogens with two attached hydrogens (primary N) is 1. The fourth-order valence-electron chi connectivity index (χ4n) is 1.58. The third-order valence-corrected chi connectivity index (χ3v) is 2.78. The van der Waals surface area contributed by atoms with E-state index in [4.69, 9.17) is 5.73 Å². The molecule has 0 aliphatic carbocycles. The summed E-state index contributed by atoms with van der Waals surface area (Å²) in [6, 6.07) is 8.70. The molecule has 0 saturated carbocycles. The van der Waals surface area contributed by atoms with Crippen LogP contribution in [-0.2, 0) is 0 Å². The van der Waals surface area contributed by atoms with Gasteiger partial charge in [-0.3, -0.25) is 4.68 Å². The first-order valence-electron chi connectivity index (χ1n) is 5.52. The fraction of sp³-hybridized carbons (Fsp3) is 0.308. The average Bonchev–Trinajstić information content (AvgIpc) is 2.78. The van der Waals surface area contributed by atoms with Gasteiger partial charge in [0.05, 0.1) is 12.2 Å². The molecule has 2 aromatic rings. The summed E-state index contributed by atoms with van der Waals surface area (Å²) in [5.74, 6) is 0. The second-order valence-electron chi connectivity index (χ2n) is 4.16. The Morgan fingerprint density at radius 1 is 1.25 bits per heavy atom. The van der Waals surface area contributed by atoms with Crippen LogP contribution in [0.15, 0.2) is 36.7 Å². The first-order valence-corrected chi connectivity index (χ1v) is 5.52. The lowest BCUT2D eigenvalue weighted by Gasteiger charge is -2.07. The van der Waals surface area contributed by atoms with Crippen LogP contribution in [-0.4, -0.2) is 16.3 Å². The van der Waals surface area contributed by atoms with Crippen molar-refractivity contribution in [2.45, 2.75) is 19.9 Å². The second-order valence-corrected chi connectivity index (χ2v) is 4.16. The predicted octanol–water partition coefficient (Wildman–Crippen LogP) is 2.38. The van der Waals surface area contributed by atoms with Crippen molar-refractivity contribution in [1.29, 1.82) is 0 Å². The number of hydrogen-bond donors (Lipinski definition) is 1. The molecular weight excluding hydrogens is 198 g/mol. The van der Waals surface area contributed by atoms with Gasteiger partial charge >= 0.3 is 0 Å². The molecule has 1 aromatic heterocycles. The van der Waals surface area contributed by atoms with Crippen molar-refractivity contribution in [3.8, 4) is 11.1 Å². The third kappa shape index (κ3) is 2.14. The van der Waals surface area contributed by atoms with Crippen LogP contribution >= 0.6 is 0 Å². The van der Waals surface area contributed by atoms with E-state index >= 15 is 0 Å². The smallest absolute Gasteiger partial charge is 0.0613 e. The summed E-state index contributed by atoms with van der Waals surface area (Å²) in [5.41, 5.74) is 9.22. The zero-order valence-electron chi connectivity index (χ0n) is 9.72. The molecule has 3 nitrogen and oxygen atoms in total. The van der Waals surface area contributed by atoms with Crippen molar-refractivity contribution >= 4 is 0 Å². The Balaban J connectivity index is 2.28. The van der Waals surface area contributed by atoms with Crippen molar-refractivity contribution in [1.82, 2.24) is 9.78 Å². The number of rotatable bonds is 3. The van der Waals surface area contributed by atoms with Gasteiger partial charge < -0.3 is 5.73 Å². The standard InChI is InChI=1S/C13H17N3/c1-10-3-5-12(6-4-10)13-8-15-16(9-13)11(2)7-14/h3-6,8-9,11H,7,14H2,1-2H3/t11-/m0/s1. The van der Waals surface area contributed by atoms with Gasteiger partial charge in [0, 0.05) is 18.3 Å². The average molecular weight is 215 g/mol. The molecule has 1 aromatic carbocycles. The summed E-state index contributed by atoms with van der Waals surface area (Å²) in [6.45, 7) is 4.75. The van der Waals surface area contributed by atoms with Crippen LogP contribution in [0, 0.1) is 6.92 Å². The number of benzene rings is 1. The summed E-state index contributed by atoms with van der Waals surface area (Å²) in [5, 5.41) is 4.32. The van der Waals surface area contributed by atoms with Gasteiger partial charge in [-0.15, -0.1) is 0 Å². The van der Waals surface area contributed by atoms with E-state index in [1.165, 1.54) is 11.1 Å². The maximum Gasteiger partial charge on any atom is 0.0613 e. The number of aromatic nitrogens is 2. The summed E-state index contributed by atoms with van der Waals surface area (Å²) >= 11 is 0. The molecule has 84 valence electrons. The van der Waals surface area contributed by atoms with E-state index in [1.54, 1.807) is 0 Å². The van der Waals surface area contributed by atoms with Gasteiger partial charge in [0.2, 0.25) is 0 Å². The van der Waals surface area contributed by atoms with Gasteiger partial charge in [-0.25, -0.2) is 0 Å². The summed E-state index contributed by atoms with van der Waals surface area (Å²) in [6.07, 6.45) is 3.93. The molecule has 1 heterocycles. The molecular formula is C13H17N3. The Bertz CT molecular complexity index is 456. The lowest BCUT2D eigenvalue weighted by Crippen LogP contribution is -2.16. The maximum absolute atomic E-state index is 5.61. The maximum atomic E-state index is 5.61. The Morgan fingerprint density at radius 3 is 2.56 bits per heavy atom. The zero-order chi connectivity index (χ0) is 11.5. The van der Waals surface area contributed by atoms with Crippen LogP contribution in [0.25, 0.3) is 11.1 Å². The molecule has 16 heavy (non-hydrogen) atoms. The van der Waals surface area contributed by atoms with Crippen molar-refractivity contribution in [2.24, 2.45) is 5.73 Å².